The minimum absolute atomic E-state index is 0.0458. The van der Waals surface area contributed by atoms with Crippen molar-refractivity contribution in [3.63, 3.8) is 0 Å². The lowest BCUT2D eigenvalue weighted by atomic mass is 10.2. The molecule has 0 saturated carbocycles. The number of amides is 1. The van der Waals surface area contributed by atoms with E-state index >= 15 is 0 Å². The zero-order chi connectivity index (χ0) is 21.9. The zero-order valence-electron chi connectivity index (χ0n) is 15.5. The maximum absolute atomic E-state index is 12.3. The molecule has 1 saturated heterocycles. The van der Waals surface area contributed by atoms with Crippen LogP contribution >= 0.6 is 23.1 Å². The predicted molar refractivity (Wildman–Crippen MR) is 107 cm³/mol. The fraction of sp³-hybridized carbons (Fsp3) is 0.438. The highest BCUT2D eigenvalue weighted by atomic mass is 32.2. The van der Waals surface area contributed by atoms with Crippen molar-refractivity contribution in [2.45, 2.75) is 35.3 Å². The first-order valence-electron chi connectivity index (χ1n) is 8.63. The number of nitrogens with zero attached hydrogens (tertiary/aromatic N) is 2. The molecule has 2 unspecified atom stereocenters. The molecule has 0 bridgehead atoms. The van der Waals surface area contributed by atoms with E-state index in [0.717, 1.165) is 0 Å². The lowest BCUT2D eigenvalue weighted by Gasteiger charge is -2.14. The molecule has 1 fully saturated rings. The van der Waals surface area contributed by atoms with Crippen molar-refractivity contribution in [3.05, 3.63) is 24.3 Å². The monoisotopic (exact) mass is 482 g/mol. The molecule has 2 aromatic rings. The number of hydrogen-bond acceptors (Lipinski definition) is 9. The number of sulfone groups is 1. The smallest absolute Gasteiger partial charge is 0.406 e. The van der Waals surface area contributed by atoms with E-state index in [9.17, 15) is 26.4 Å². The van der Waals surface area contributed by atoms with Gasteiger partial charge in [-0.15, -0.1) is 23.4 Å². The molecule has 14 heteroatoms. The quantitative estimate of drug-likeness (QED) is 0.580. The van der Waals surface area contributed by atoms with E-state index in [1.807, 2.05) is 0 Å². The Labute approximate surface area is 178 Å². The van der Waals surface area contributed by atoms with Gasteiger partial charge in [0.15, 0.2) is 14.2 Å². The van der Waals surface area contributed by atoms with E-state index in [2.05, 4.69) is 25.6 Å². The van der Waals surface area contributed by atoms with Crippen LogP contribution < -0.4 is 15.4 Å². The third-order valence-corrected chi connectivity index (χ3v) is 7.76. The Hall–Kier alpha value is -2.06. The van der Waals surface area contributed by atoms with E-state index in [0.29, 0.717) is 21.6 Å². The van der Waals surface area contributed by atoms with Crippen LogP contribution in [-0.4, -0.2) is 53.7 Å². The molecular formula is C16H17F3N4O4S3. The average Bonchev–Trinajstić information content (AvgIpc) is 3.21. The normalized spacial score (nSPS) is 19.3. The van der Waals surface area contributed by atoms with Crippen LogP contribution in [0, 0.1) is 0 Å². The second kappa shape index (κ2) is 8.98. The molecule has 0 spiro atoms. The van der Waals surface area contributed by atoms with Gasteiger partial charge in [0.2, 0.25) is 11.0 Å². The van der Waals surface area contributed by atoms with Crippen molar-refractivity contribution in [1.82, 2.24) is 15.5 Å². The fourth-order valence-electron chi connectivity index (χ4n) is 2.60. The molecule has 1 aromatic carbocycles. The number of ether oxygens (including phenoxy) is 1. The van der Waals surface area contributed by atoms with E-state index in [1.54, 1.807) is 6.92 Å². The van der Waals surface area contributed by atoms with E-state index in [-0.39, 0.29) is 29.2 Å². The summed E-state index contributed by atoms with van der Waals surface area (Å²) in [5, 5.41) is 13.5. The van der Waals surface area contributed by atoms with Crippen LogP contribution in [0.1, 0.15) is 13.3 Å². The van der Waals surface area contributed by atoms with Gasteiger partial charge in [-0.1, -0.05) is 23.1 Å². The van der Waals surface area contributed by atoms with Gasteiger partial charge in [-0.2, -0.15) is 0 Å². The molecule has 2 N–H and O–H groups in total. The Morgan fingerprint density at radius 2 is 2.00 bits per heavy atom. The number of halogens is 3. The number of hydrogen-bond donors (Lipinski definition) is 2. The third kappa shape index (κ3) is 6.74. The summed E-state index contributed by atoms with van der Waals surface area (Å²) in [5.74, 6) is -0.590. The Kier molecular flexibility index (Phi) is 6.77. The number of carbonyl (C=O) groups excluding carboxylic acids is 1. The summed E-state index contributed by atoms with van der Waals surface area (Å²) >= 11 is 2.35. The molecule has 2 heterocycles. The van der Waals surface area contributed by atoms with E-state index in [4.69, 9.17) is 0 Å². The maximum Gasteiger partial charge on any atom is 0.573 e. The number of nitrogens with one attached hydrogen (secondary N) is 2. The molecule has 1 aliphatic heterocycles. The molecule has 1 aliphatic rings. The summed E-state index contributed by atoms with van der Waals surface area (Å²) in [6.07, 6.45) is -4.35. The zero-order valence-corrected chi connectivity index (χ0v) is 17.9. The molecule has 1 amide bonds. The second-order valence-corrected chi connectivity index (χ2v) is 11.2. The number of thioether (sulfide) groups is 1. The van der Waals surface area contributed by atoms with Crippen molar-refractivity contribution in [2.75, 3.05) is 16.8 Å². The van der Waals surface area contributed by atoms with Gasteiger partial charge >= 0.3 is 6.36 Å². The van der Waals surface area contributed by atoms with Gasteiger partial charge in [0, 0.05) is 11.7 Å². The van der Waals surface area contributed by atoms with E-state index in [1.165, 1.54) is 47.4 Å². The molecule has 164 valence electrons. The Balaban J connectivity index is 1.51. The van der Waals surface area contributed by atoms with Crippen molar-refractivity contribution >= 4 is 49.7 Å². The van der Waals surface area contributed by atoms with Crippen LogP contribution in [0.4, 0.5) is 24.0 Å². The standard InChI is InChI=1S/C16H17F3N4O4S3/c1-9(13(24)20-11-6-7-30(25,26)8-11)28-15-23-22-14(29-15)21-10-2-4-12(5-3-10)27-16(17,18)19/h2-5,9,11H,6-8H2,1H3,(H,20,24)(H,21,22). The third-order valence-electron chi connectivity index (χ3n) is 3.97. The Morgan fingerprint density at radius 1 is 1.30 bits per heavy atom. The summed E-state index contributed by atoms with van der Waals surface area (Å²) in [6, 6.07) is 4.77. The highest BCUT2D eigenvalue weighted by molar-refractivity contribution is 8.02. The maximum atomic E-state index is 12.3. The molecule has 1 aromatic heterocycles. The minimum Gasteiger partial charge on any atom is -0.406 e. The van der Waals surface area contributed by atoms with Crippen LogP contribution in [-0.2, 0) is 14.6 Å². The first-order valence-corrected chi connectivity index (χ1v) is 12.1. The van der Waals surface area contributed by atoms with Crippen LogP contribution in [0.3, 0.4) is 0 Å². The van der Waals surface area contributed by atoms with Crippen molar-refractivity contribution in [3.8, 4) is 5.75 Å². The first-order chi connectivity index (χ1) is 14.0. The number of rotatable bonds is 7. The highest BCUT2D eigenvalue weighted by Gasteiger charge is 2.31. The van der Waals surface area contributed by atoms with Gasteiger partial charge in [0.05, 0.1) is 16.8 Å². The van der Waals surface area contributed by atoms with E-state index < -0.39 is 21.4 Å². The summed E-state index contributed by atoms with van der Waals surface area (Å²) in [7, 11) is -3.08. The molecular weight excluding hydrogens is 465 g/mol. The summed E-state index contributed by atoms with van der Waals surface area (Å²) in [5.41, 5.74) is 0.491. The number of anilines is 2. The summed E-state index contributed by atoms with van der Waals surface area (Å²) < 4.78 is 63.8. The molecule has 2 atom stereocenters. The fourth-order valence-corrected chi connectivity index (χ4v) is 6.20. The largest absolute Gasteiger partial charge is 0.573 e. The van der Waals surface area contributed by atoms with Crippen molar-refractivity contribution in [1.29, 1.82) is 0 Å². The minimum atomic E-state index is -4.75. The number of alkyl halides is 3. The lowest BCUT2D eigenvalue weighted by Crippen LogP contribution is -2.39. The molecule has 8 nitrogen and oxygen atoms in total. The topological polar surface area (TPSA) is 110 Å². The average molecular weight is 483 g/mol. The molecule has 3 rings (SSSR count). The number of benzene rings is 1. The Morgan fingerprint density at radius 3 is 2.60 bits per heavy atom. The predicted octanol–water partition coefficient (Wildman–Crippen LogP) is 2.96. The van der Waals surface area contributed by atoms with Gasteiger partial charge in [0.25, 0.3) is 0 Å². The van der Waals surface area contributed by atoms with Gasteiger partial charge in [-0.3, -0.25) is 4.79 Å². The molecule has 0 aliphatic carbocycles. The molecule has 0 radical (unpaired) electrons. The van der Waals surface area contributed by atoms with Gasteiger partial charge in [-0.25, -0.2) is 8.42 Å². The Bertz CT molecular complexity index is 996. The SMILES string of the molecule is CC(Sc1nnc(Nc2ccc(OC(F)(F)F)cc2)s1)C(=O)NC1CCS(=O)(=O)C1. The summed E-state index contributed by atoms with van der Waals surface area (Å²) in [4.78, 5) is 12.3. The molecule has 30 heavy (non-hydrogen) atoms. The van der Waals surface area contributed by atoms with Crippen LogP contribution in [0.2, 0.25) is 0 Å². The lowest BCUT2D eigenvalue weighted by molar-refractivity contribution is -0.274. The second-order valence-electron chi connectivity index (χ2n) is 6.44. The highest BCUT2D eigenvalue weighted by Crippen LogP contribution is 2.31. The van der Waals surface area contributed by atoms with Crippen LogP contribution in [0.25, 0.3) is 0 Å². The van der Waals surface area contributed by atoms with Gasteiger partial charge < -0.3 is 15.4 Å². The first kappa shape index (κ1) is 22.6. The van der Waals surface area contributed by atoms with Crippen molar-refractivity contribution in [2.24, 2.45) is 0 Å². The van der Waals surface area contributed by atoms with Crippen molar-refractivity contribution < 1.29 is 31.1 Å². The van der Waals surface area contributed by atoms with Crippen LogP contribution in [0.5, 0.6) is 5.75 Å². The van der Waals surface area contributed by atoms with Crippen LogP contribution in [0.15, 0.2) is 28.6 Å². The van der Waals surface area contributed by atoms with Gasteiger partial charge in [-0.05, 0) is 37.6 Å². The number of carbonyl (C=O) groups is 1. The summed E-state index contributed by atoms with van der Waals surface area (Å²) in [6.45, 7) is 1.68. The number of aromatic nitrogens is 2. The van der Waals surface area contributed by atoms with Gasteiger partial charge in [0.1, 0.15) is 5.75 Å².